The molecular formula is C27H34N4O3. The molecule has 4 rings (SSSR count). The van der Waals surface area contributed by atoms with Gasteiger partial charge in [0.2, 0.25) is 0 Å². The maximum atomic E-state index is 12.2. The summed E-state index contributed by atoms with van der Waals surface area (Å²) in [5.74, 6) is 1.72. The van der Waals surface area contributed by atoms with Crippen molar-refractivity contribution < 1.29 is 14.3 Å². The molecule has 0 atom stereocenters. The summed E-state index contributed by atoms with van der Waals surface area (Å²) in [5, 5.41) is 3.02. The van der Waals surface area contributed by atoms with Gasteiger partial charge in [-0.2, -0.15) is 0 Å². The number of para-hydroxylation sites is 3. The van der Waals surface area contributed by atoms with Crippen LogP contribution in [0.5, 0.6) is 11.5 Å². The fourth-order valence-electron chi connectivity index (χ4n) is 4.32. The third-order valence-corrected chi connectivity index (χ3v) is 6.27. The molecular weight excluding hydrogens is 428 g/mol. The smallest absolute Gasteiger partial charge is 0.267 e. The van der Waals surface area contributed by atoms with Crippen molar-refractivity contribution in [1.29, 1.82) is 0 Å². The Morgan fingerprint density at radius 3 is 2.41 bits per heavy atom. The van der Waals surface area contributed by atoms with Crippen molar-refractivity contribution in [2.45, 2.75) is 13.0 Å². The number of hydrogen-bond acceptors (Lipinski definition) is 5. The largest absolute Gasteiger partial charge is 0.496 e. The Morgan fingerprint density at radius 2 is 1.68 bits per heavy atom. The minimum Gasteiger partial charge on any atom is -0.496 e. The molecule has 7 heteroatoms. The second-order valence-corrected chi connectivity index (χ2v) is 8.51. The number of aryl methyl sites for hydroxylation is 1. The average molecular weight is 463 g/mol. The van der Waals surface area contributed by atoms with Crippen LogP contribution < -0.4 is 19.7 Å². The molecule has 7 nitrogen and oxygen atoms in total. The number of rotatable bonds is 10. The minimum absolute atomic E-state index is 0.0120. The first-order valence-corrected chi connectivity index (χ1v) is 11.9. The predicted octanol–water partition coefficient (Wildman–Crippen LogP) is 3.55. The van der Waals surface area contributed by atoms with Gasteiger partial charge in [-0.25, -0.2) is 0 Å². The summed E-state index contributed by atoms with van der Waals surface area (Å²) in [6, 6.07) is 19.9. The molecule has 2 aromatic carbocycles. The van der Waals surface area contributed by atoms with E-state index in [0.717, 1.165) is 61.9 Å². The lowest BCUT2D eigenvalue weighted by molar-refractivity contribution is 0.0943. The molecule has 0 radical (unpaired) electrons. The van der Waals surface area contributed by atoms with E-state index < -0.39 is 0 Å². The van der Waals surface area contributed by atoms with Crippen LogP contribution in [0.4, 0.5) is 5.69 Å². The molecule has 0 bridgehead atoms. The molecule has 1 fully saturated rings. The summed E-state index contributed by atoms with van der Waals surface area (Å²) in [5.41, 5.74) is 2.86. The normalized spacial score (nSPS) is 14.1. The van der Waals surface area contributed by atoms with Gasteiger partial charge in [-0.1, -0.05) is 30.3 Å². The molecule has 0 aliphatic carbocycles. The number of aromatic nitrogens is 1. The highest BCUT2D eigenvalue weighted by atomic mass is 16.5. The minimum atomic E-state index is -0.0120. The monoisotopic (exact) mass is 462 g/mol. The van der Waals surface area contributed by atoms with E-state index in [2.05, 4.69) is 27.2 Å². The van der Waals surface area contributed by atoms with Crippen molar-refractivity contribution in [1.82, 2.24) is 14.8 Å². The number of nitrogens with zero attached hydrogens (tertiary/aromatic N) is 3. The van der Waals surface area contributed by atoms with Gasteiger partial charge in [-0.15, -0.1) is 0 Å². The van der Waals surface area contributed by atoms with Crippen LogP contribution in [0.3, 0.4) is 0 Å². The molecule has 0 unspecified atom stereocenters. The fourth-order valence-corrected chi connectivity index (χ4v) is 4.32. The van der Waals surface area contributed by atoms with E-state index in [1.165, 1.54) is 0 Å². The second kappa shape index (κ2) is 11.6. The van der Waals surface area contributed by atoms with Gasteiger partial charge < -0.3 is 24.3 Å². The molecule has 0 saturated carbocycles. The zero-order valence-corrected chi connectivity index (χ0v) is 20.1. The number of carbonyl (C=O) groups is 1. The molecule has 34 heavy (non-hydrogen) atoms. The Balaban J connectivity index is 1.23. The van der Waals surface area contributed by atoms with E-state index >= 15 is 0 Å². The van der Waals surface area contributed by atoms with Crippen molar-refractivity contribution in [2.75, 3.05) is 51.3 Å². The Morgan fingerprint density at radius 1 is 0.941 bits per heavy atom. The van der Waals surface area contributed by atoms with E-state index in [4.69, 9.17) is 9.47 Å². The Bertz CT molecular complexity index is 1070. The molecule has 1 aromatic heterocycles. The first-order valence-electron chi connectivity index (χ1n) is 11.9. The van der Waals surface area contributed by atoms with Crippen LogP contribution in [0.15, 0.2) is 66.9 Å². The first-order chi connectivity index (χ1) is 16.7. The van der Waals surface area contributed by atoms with E-state index in [1.807, 2.05) is 66.3 Å². The van der Waals surface area contributed by atoms with Crippen molar-refractivity contribution in [3.8, 4) is 11.5 Å². The van der Waals surface area contributed by atoms with Gasteiger partial charge in [0.15, 0.2) is 0 Å². The number of benzene rings is 2. The number of hydrogen-bond donors (Lipinski definition) is 1. The van der Waals surface area contributed by atoms with Gasteiger partial charge in [-0.05, 0) is 43.3 Å². The maximum Gasteiger partial charge on any atom is 0.267 e. The van der Waals surface area contributed by atoms with Gasteiger partial charge >= 0.3 is 0 Å². The van der Waals surface area contributed by atoms with Gasteiger partial charge in [-0.3, -0.25) is 9.69 Å². The number of nitrogens with one attached hydrogen (secondary N) is 1. The number of piperazine rings is 1. The van der Waals surface area contributed by atoms with Crippen LogP contribution in [0.1, 0.15) is 22.5 Å². The summed E-state index contributed by atoms with van der Waals surface area (Å²) in [6.45, 7) is 6.02. The van der Waals surface area contributed by atoms with Crippen LogP contribution in [-0.4, -0.2) is 61.8 Å². The highest BCUT2D eigenvalue weighted by Gasteiger charge is 2.20. The Labute approximate surface area is 201 Å². The van der Waals surface area contributed by atoms with Gasteiger partial charge in [0, 0.05) is 51.5 Å². The second-order valence-electron chi connectivity index (χ2n) is 8.51. The summed E-state index contributed by atoms with van der Waals surface area (Å²) in [7, 11) is 3.57. The molecule has 1 amide bonds. The summed E-state index contributed by atoms with van der Waals surface area (Å²) < 4.78 is 13.5. The molecule has 0 spiro atoms. The zero-order valence-electron chi connectivity index (χ0n) is 20.1. The molecule has 180 valence electrons. The lowest BCUT2D eigenvalue weighted by Crippen LogP contribution is -2.47. The van der Waals surface area contributed by atoms with E-state index in [-0.39, 0.29) is 5.91 Å². The van der Waals surface area contributed by atoms with Gasteiger partial charge in [0.05, 0.1) is 12.8 Å². The summed E-state index contributed by atoms with van der Waals surface area (Å²) in [4.78, 5) is 17.1. The Kier molecular flexibility index (Phi) is 8.09. The van der Waals surface area contributed by atoms with E-state index in [0.29, 0.717) is 18.8 Å². The van der Waals surface area contributed by atoms with Crippen molar-refractivity contribution in [3.63, 3.8) is 0 Å². The average Bonchev–Trinajstić information content (AvgIpc) is 3.32. The van der Waals surface area contributed by atoms with Crippen LogP contribution in [0.25, 0.3) is 0 Å². The molecule has 1 N–H and O–H groups in total. The van der Waals surface area contributed by atoms with Crippen LogP contribution in [-0.2, 0) is 13.7 Å². The molecule has 1 saturated heterocycles. The topological polar surface area (TPSA) is 59.0 Å². The van der Waals surface area contributed by atoms with Crippen LogP contribution >= 0.6 is 0 Å². The van der Waals surface area contributed by atoms with Gasteiger partial charge in [0.25, 0.3) is 5.91 Å². The molecule has 1 aliphatic heterocycles. The van der Waals surface area contributed by atoms with Crippen LogP contribution in [0, 0.1) is 0 Å². The Hall–Kier alpha value is -3.45. The number of methoxy groups -OCH3 is 1. The van der Waals surface area contributed by atoms with Crippen molar-refractivity contribution >= 4 is 11.6 Å². The number of amides is 1. The number of carbonyl (C=O) groups excluding carboxylic acids is 1. The van der Waals surface area contributed by atoms with Crippen molar-refractivity contribution in [2.24, 2.45) is 7.05 Å². The van der Waals surface area contributed by atoms with E-state index in [9.17, 15) is 4.79 Å². The highest BCUT2D eigenvalue weighted by Crippen LogP contribution is 2.30. The van der Waals surface area contributed by atoms with Crippen LogP contribution in [0.2, 0.25) is 0 Å². The van der Waals surface area contributed by atoms with Gasteiger partial charge in [0.1, 0.15) is 23.8 Å². The molecule has 1 aliphatic rings. The predicted molar refractivity (Wildman–Crippen MR) is 135 cm³/mol. The fraction of sp³-hybridized carbons (Fsp3) is 0.370. The lowest BCUT2D eigenvalue weighted by atomic mass is 10.2. The van der Waals surface area contributed by atoms with E-state index in [1.54, 1.807) is 7.11 Å². The quantitative estimate of drug-likeness (QED) is 0.467. The molecule has 3 aromatic rings. The van der Waals surface area contributed by atoms with Crippen molar-refractivity contribution in [3.05, 3.63) is 78.1 Å². The summed E-state index contributed by atoms with van der Waals surface area (Å²) in [6.07, 6.45) is 2.82. The number of ether oxygens (including phenoxy) is 2. The number of anilines is 1. The molecule has 2 heterocycles. The third kappa shape index (κ3) is 5.91. The summed E-state index contributed by atoms with van der Waals surface area (Å²) >= 11 is 0. The first kappa shape index (κ1) is 23.7. The standard InChI is InChI=1S/C27H34N4O3/c1-29-15-7-11-24(29)27(32)28-14-8-16-30-17-19-31(20-18-30)23-10-4-6-13-26(23)34-21-22-9-3-5-12-25(22)33-2/h3-7,9-13,15H,8,14,16-21H2,1-2H3,(H,28,32). The SMILES string of the molecule is COc1ccccc1COc1ccccc1N1CCN(CCCNC(=O)c2cccn2C)CC1. The highest BCUT2D eigenvalue weighted by molar-refractivity contribution is 5.92. The maximum absolute atomic E-state index is 12.2. The zero-order chi connectivity index (χ0) is 23.8. The lowest BCUT2D eigenvalue weighted by Gasteiger charge is -2.36. The third-order valence-electron chi connectivity index (χ3n) is 6.27.